The zero-order valence-electron chi connectivity index (χ0n) is 24.7. The van der Waals surface area contributed by atoms with Gasteiger partial charge in [-0.05, 0) is 85.5 Å². The zero-order chi connectivity index (χ0) is 29.5. The molecule has 0 unspecified atom stereocenters. The molecule has 5 rings (SSSR count). The van der Waals surface area contributed by atoms with Crippen molar-refractivity contribution in [3.63, 3.8) is 0 Å². The van der Waals surface area contributed by atoms with Gasteiger partial charge < -0.3 is 33.3 Å². The van der Waals surface area contributed by atoms with E-state index in [-0.39, 0.29) is 5.91 Å². The van der Waals surface area contributed by atoms with Crippen LogP contribution in [-0.4, -0.2) is 75.0 Å². The van der Waals surface area contributed by atoms with Crippen LogP contribution in [0.15, 0.2) is 73.3 Å². The lowest BCUT2D eigenvalue weighted by molar-refractivity contribution is 0.0985. The van der Waals surface area contributed by atoms with E-state index in [2.05, 4.69) is 22.0 Å². The van der Waals surface area contributed by atoms with Gasteiger partial charge in [0.05, 0.1) is 34.8 Å². The highest BCUT2D eigenvalue weighted by Crippen LogP contribution is 2.33. The van der Waals surface area contributed by atoms with Gasteiger partial charge in [-0.3, -0.25) is 4.79 Å². The number of nitrogens with zero attached hydrogens (tertiary/aromatic N) is 4. The van der Waals surface area contributed by atoms with Crippen molar-refractivity contribution in [3.05, 3.63) is 90.0 Å². The summed E-state index contributed by atoms with van der Waals surface area (Å²) in [6.07, 6.45) is 8.04. The lowest BCUT2D eigenvalue weighted by Gasteiger charge is -2.26. The highest BCUT2D eigenvalue weighted by Gasteiger charge is 2.21. The molecule has 1 amide bonds. The summed E-state index contributed by atoms with van der Waals surface area (Å²) in [5, 5.41) is 0. The summed E-state index contributed by atoms with van der Waals surface area (Å²) in [7, 11) is 6.55. The SMILES string of the molecule is COc1ccc(N(CCCN2CCc3cc(OC)c(OC)cc3CC2)C(=O)c2ccc(-n3ccnc3)cc2)cc1OC. The molecule has 4 aromatic rings. The number of aromatic nitrogens is 2. The number of carbonyl (C=O) groups excluding carboxylic acids is 1. The van der Waals surface area contributed by atoms with Gasteiger partial charge in [0, 0.05) is 55.0 Å². The average Bonchev–Trinajstić information content (AvgIpc) is 3.51. The Bertz CT molecular complexity index is 1450. The van der Waals surface area contributed by atoms with E-state index in [1.54, 1.807) is 41.0 Å². The van der Waals surface area contributed by atoms with Crippen LogP contribution < -0.4 is 23.8 Å². The molecule has 1 aliphatic rings. The summed E-state index contributed by atoms with van der Waals surface area (Å²) in [5.74, 6) is 2.68. The maximum absolute atomic E-state index is 13.9. The summed E-state index contributed by atoms with van der Waals surface area (Å²) >= 11 is 0. The van der Waals surface area contributed by atoms with Crippen LogP contribution in [0.25, 0.3) is 5.69 Å². The van der Waals surface area contributed by atoms with E-state index in [1.807, 2.05) is 58.1 Å². The third-order valence-electron chi connectivity index (χ3n) is 7.80. The van der Waals surface area contributed by atoms with Gasteiger partial charge in [-0.15, -0.1) is 0 Å². The second kappa shape index (κ2) is 13.4. The fourth-order valence-corrected chi connectivity index (χ4v) is 5.46. The van der Waals surface area contributed by atoms with Gasteiger partial charge in [-0.25, -0.2) is 4.98 Å². The number of anilines is 1. The topological polar surface area (TPSA) is 78.3 Å². The first-order valence-electron chi connectivity index (χ1n) is 14.1. The predicted octanol–water partition coefficient (Wildman–Crippen LogP) is 5.04. The van der Waals surface area contributed by atoms with Crippen molar-refractivity contribution in [3.8, 4) is 28.7 Å². The molecule has 0 saturated carbocycles. The molecule has 0 bridgehead atoms. The van der Waals surface area contributed by atoms with Crippen molar-refractivity contribution in [2.45, 2.75) is 19.3 Å². The summed E-state index contributed by atoms with van der Waals surface area (Å²) in [6, 6.07) is 17.4. The van der Waals surface area contributed by atoms with Crippen molar-refractivity contribution < 1.29 is 23.7 Å². The Hall–Kier alpha value is -4.50. The molecule has 0 radical (unpaired) electrons. The van der Waals surface area contributed by atoms with Crippen molar-refractivity contribution in [1.82, 2.24) is 14.5 Å². The molecular weight excluding hydrogens is 532 g/mol. The molecule has 9 heteroatoms. The van der Waals surface area contributed by atoms with Crippen LogP contribution in [0.3, 0.4) is 0 Å². The summed E-state index contributed by atoms with van der Waals surface area (Å²) in [6.45, 7) is 3.33. The Morgan fingerprint density at radius 2 is 1.43 bits per heavy atom. The molecule has 0 fully saturated rings. The van der Waals surface area contributed by atoms with Gasteiger partial charge in [0.2, 0.25) is 0 Å². The Labute approximate surface area is 247 Å². The third kappa shape index (κ3) is 6.36. The summed E-state index contributed by atoms with van der Waals surface area (Å²) in [5.41, 5.74) is 4.92. The molecule has 0 spiro atoms. The Balaban J connectivity index is 1.31. The Morgan fingerprint density at radius 3 is 2.00 bits per heavy atom. The minimum absolute atomic E-state index is 0.0677. The lowest BCUT2D eigenvalue weighted by Crippen LogP contribution is -2.35. The van der Waals surface area contributed by atoms with Gasteiger partial charge in [0.15, 0.2) is 23.0 Å². The van der Waals surface area contributed by atoms with Gasteiger partial charge in [-0.1, -0.05) is 0 Å². The van der Waals surface area contributed by atoms with Crippen LogP contribution in [0, 0.1) is 0 Å². The van der Waals surface area contributed by atoms with Crippen LogP contribution in [0.4, 0.5) is 5.69 Å². The molecule has 1 aromatic heterocycles. The highest BCUT2D eigenvalue weighted by atomic mass is 16.5. The minimum atomic E-state index is -0.0677. The second-order valence-corrected chi connectivity index (χ2v) is 10.2. The Morgan fingerprint density at radius 1 is 0.810 bits per heavy atom. The fourth-order valence-electron chi connectivity index (χ4n) is 5.46. The first-order chi connectivity index (χ1) is 20.5. The van der Waals surface area contributed by atoms with Gasteiger partial charge in [0.1, 0.15) is 0 Å². The number of amides is 1. The van der Waals surface area contributed by atoms with E-state index in [1.165, 1.54) is 11.1 Å². The largest absolute Gasteiger partial charge is 0.493 e. The number of benzene rings is 3. The van der Waals surface area contributed by atoms with Crippen molar-refractivity contribution in [1.29, 1.82) is 0 Å². The van der Waals surface area contributed by atoms with Crippen molar-refractivity contribution in [2.75, 3.05) is 59.5 Å². The number of methoxy groups -OCH3 is 4. The van der Waals surface area contributed by atoms with Gasteiger partial charge >= 0.3 is 0 Å². The smallest absolute Gasteiger partial charge is 0.258 e. The normalized spacial score (nSPS) is 13.1. The standard InChI is InChI=1S/C33H38N4O5/c1-39-29-11-10-28(22-32(29)42-4)37(33(38)24-6-8-27(9-7-24)36-19-14-34-23-36)16-5-15-35-17-12-25-20-30(40-2)31(41-3)21-26(25)13-18-35/h6-11,14,19-23H,5,12-13,15-18H2,1-4H3. The molecule has 2 heterocycles. The number of ether oxygens (including phenoxy) is 4. The summed E-state index contributed by atoms with van der Waals surface area (Å²) in [4.78, 5) is 22.3. The van der Waals surface area contributed by atoms with Gasteiger partial charge in [-0.2, -0.15) is 0 Å². The zero-order valence-corrected chi connectivity index (χ0v) is 24.7. The number of hydrogen-bond donors (Lipinski definition) is 0. The lowest BCUT2D eigenvalue weighted by atomic mass is 10.0. The number of imidazole rings is 1. The molecule has 0 atom stereocenters. The van der Waals surface area contributed by atoms with Crippen LogP contribution in [0.2, 0.25) is 0 Å². The number of carbonyl (C=O) groups is 1. The summed E-state index contributed by atoms with van der Waals surface area (Å²) < 4.78 is 23.9. The van der Waals surface area contributed by atoms with Crippen LogP contribution >= 0.6 is 0 Å². The molecule has 3 aromatic carbocycles. The van der Waals surface area contributed by atoms with Crippen LogP contribution in [0.5, 0.6) is 23.0 Å². The number of hydrogen-bond acceptors (Lipinski definition) is 7. The maximum atomic E-state index is 13.9. The maximum Gasteiger partial charge on any atom is 0.258 e. The molecule has 1 aliphatic heterocycles. The molecular formula is C33H38N4O5. The van der Waals surface area contributed by atoms with Crippen LogP contribution in [0.1, 0.15) is 27.9 Å². The van der Waals surface area contributed by atoms with E-state index in [4.69, 9.17) is 18.9 Å². The quantitative estimate of drug-likeness (QED) is 0.250. The van der Waals surface area contributed by atoms with E-state index in [0.717, 1.165) is 61.8 Å². The number of fused-ring (bicyclic) bond motifs is 1. The predicted molar refractivity (Wildman–Crippen MR) is 163 cm³/mol. The Kier molecular flexibility index (Phi) is 9.28. The molecule has 42 heavy (non-hydrogen) atoms. The van der Waals surface area contributed by atoms with E-state index < -0.39 is 0 Å². The molecule has 0 saturated heterocycles. The van der Waals surface area contributed by atoms with E-state index in [9.17, 15) is 4.79 Å². The molecule has 0 N–H and O–H groups in total. The van der Waals surface area contributed by atoms with Crippen molar-refractivity contribution in [2.24, 2.45) is 0 Å². The molecule has 220 valence electrons. The van der Waals surface area contributed by atoms with Crippen LogP contribution in [-0.2, 0) is 12.8 Å². The monoisotopic (exact) mass is 570 g/mol. The molecule has 0 aliphatic carbocycles. The van der Waals surface area contributed by atoms with E-state index in [0.29, 0.717) is 23.6 Å². The first-order valence-corrected chi connectivity index (χ1v) is 14.1. The third-order valence-corrected chi connectivity index (χ3v) is 7.80. The first kappa shape index (κ1) is 29.0. The fraction of sp³-hybridized carbons (Fsp3) is 0.333. The second-order valence-electron chi connectivity index (χ2n) is 10.2. The number of rotatable bonds is 11. The highest BCUT2D eigenvalue weighted by molar-refractivity contribution is 6.06. The van der Waals surface area contributed by atoms with Crippen molar-refractivity contribution >= 4 is 11.6 Å². The van der Waals surface area contributed by atoms with E-state index >= 15 is 0 Å². The average molecular weight is 571 g/mol. The van der Waals surface area contributed by atoms with Gasteiger partial charge in [0.25, 0.3) is 5.91 Å². The molecule has 9 nitrogen and oxygen atoms in total. The minimum Gasteiger partial charge on any atom is -0.493 e.